The SMILES string of the molecule is O=C(Cc1ccc2c(c1)OCCO2)Nc1ccccc1NC12CC3CC(CC(C3)C1)C2. The van der Waals surface area contributed by atoms with Gasteiger partial charge in [-0.2, -0.15) is 0 Å². The van der Waals surface area contributed by atoms with Crippen LogP contribution in [0.25, 0.3) is 0 Å². The standard InChI is InChI=1S/C26H30N2O3/c29-25(13-17-5-6-23-24(12-17)31-8-7-30-23)27-21-3-1-2-4-22(21)28-26-14-18-9-19(15-26)11-20(10-18)16-26/h1-6,12,18-20,28H,7-11,13-16H2,(H,27,29). The van der Waals surface area contributed by atoms with E-state index < -0.39 is 0 Å². The normalized spacial score (nSPS) is 30.1. The molecule has 4 bridgehead atoms. The van der Waals surface area contributed by atoms with Crippen molar-refractivity contribution in [1.82, 2.24) is 0 Å². The number of amides is 1. The van der Waals surface area contributed by atoms with Crippen LogP contribution in [0.3, 0.4) is 0 Å². The third-order valence-corrected chi connectivity index (χ3v) is 7.61. The summed E-state index contributed by atoms with van der Waals surface area (Å²) in [5, 5.41) is 7.06. The second-order valence-electron chi connectivity index (χ2n) is 10.1. The van der Waals surface area contributed by atoms with Crippen LogP contribution < -0.4 is 20.1 Å². The largest absolute Gasteiger partial charge is 0.486 e. The lowest BCUT2D eigenvalue weighted by molar-refractivity contribution is -0.115. The summed E-state index contributed by atoms with van der Waals surface area (Å²) in [5.74, 6) is 4.11. The van der Waals surface area contributed by atoms with Crippen molar-refractivity contribution >= 4 is 17.3 Å². The molecule has 0 radical (unpaired) electrons. The summed E-state index contributed by atoms with van der Waals surface area (Å²) < 4.78 is 11.2. The van der Waals surface area contributed by atoms with Gasteiger partial charge in [0.25, 0.3) is 0 Å². The molecule has 0 atom stereocenters. The molecule has 31 heavy (non-hydrogen) atoms. The van der Waals surface area contributed by atoms with Crippen molar-refractivity contribution in [3.63, 3.8) is 0 Å². The number of fused-ring (bicyclic) bond motifs is 1. The van der Waals surface area contributed by atoms with E-state index in [1.807, 2.05) is 30.3 Å². The highest BCUT2D eigenvalue weighted by atomic mass is 16.6. The molecule has 5 nitrogen and oxygen atoms in total. The van der Waals surface area contributed by atoms with E-state index in [1.54, 1.807) is 0 Å². The molecule has 0 spiro atoms. The monoisotopic (exact) mass is 418 g/mol. The quantitative estimate of drug-likeness (QED) is 0.716. The average molecular weight is 419 g/mol. The molecule has 1 heterocycles. The van der Waals surface area contributed by atoms with Gasteiger partial charge in [0.15, 0.2) is 11.5 Å². The summed E-state index contributed by atoms with van der Waals surface area (Å²) in [6.07, 6.45) is 8.41. The summed E-state index contributed by atoms with van der Waals surface area (Å²) in [4.78, 5) is 12.9. The lowest BCUT2D eigenvalue weighted by Crippen LogP contribution is -2.54. The van der Waals surface area contributed by atoms with Crippen molar-refractivity contribution in [1.29, 1.82) is 0 Å². The number of anilines is 2. The summed E-state index contributed by atoms with van der Waals surface area (Å²) in [6.45, 7) is 1.12. The first-order valence-corrected chi connectivity index (χ1v) is 11.7. The molecular weight excluding hydrogens is 388 g/mol. The van der Waals surface area contributed by atoms with Crippen LogP contribution in [-0.4, -0.2) is 24.7 Å². The zero-order valence-corrected chi connectivity index (χ0v) is 17.9. The zero-order valence-electron chi connectivity index (χ0n) is 17.9. The van der Waals surface area contributed by atoms with Crippen LogP contribution in [0.5, 0.6) is 11.5 Å². The fourth-order valence-corrected chi connectivity index (χ4v) is 6.83. The highest BCUT2D eigenvalue weighted by Crippen LogP contribution is 2.56. The molecular formula is C26H30N2O3. The van der Waals surface area contributed by atoms with E-state index in [2.05, 4.69) is 22.8 Å². The van der Waals surface area contributed by atoms with Crippen LogP contribution in [0.1, 0.15) is 44.1 Å². The zero-order chi connectivity index (χ0) is 20.8. The summed E-state index contributed by atoms with van der Waals surface area (Å²) >= 11 is 0. The number of hydrogen-bond donors (Lipinski definition) is 2. The van der Waals surface area contributed by atoms with Crippen molar-refractivity contribution in [2.75, 3.05) is 23.8 Å². The smallest absolute Gasteiger partial charge is 0.228 e. The van der Waals surface area contributed by atoms with Gasteiger partial charge >= 0.3 is 0 Å². The first-order valence-electron chi connectivity index (χ1n) is 11.7. The number of carbonyl (C=O) groups is 1. The molecule has 0 unspecified atom stereocenters. The molecule has 2 aromatic carbocycles. The maximum atomic E-state index is 12.9. The number of para-hydroxylation sites is 2. The molecule has 4 saturated carbocycles. The first-order chi connectivity index (χ1) is 15.1. The van der Waals surface area contributed by atoms with Crippen LogP contribution in [0.4, 0.5) is 11.4 Å². The predicted molar refractivity (Wildman–Crippen MR) is 121 cm³/mol. The predicted octanol–water partition coefficient (Wildman–Crippen LogP) is 5.02. The Kier molecular flexibility index (Phi) is 4.58. The number of nitrogens with one attached hydrogen (secondary N) is 2. The van der Waals surface area contributed by atoms with Crippen LogP contribution in [0, 0.1) is 17.8 Å². The fraction of sp³-hybridized carbons (Fsp3) is 0.500. The van der Waals surface area contributed by atoms with E-state index in [0.717, 1.165) is 46.2 Å². The van der Waals surface area contributed by atoms with Crippen LogP contribution in [0.15, 0.2) is 42.5 Å². The van der Waals surface area contributed by atoms with Crippen molar-refractivity contribution in [3.8, 4) is 11.5 Å². The molecule has 162 valence electrons. The summed E-state index contributed by atoms with van der Waals surface area (Å²) in [7, 11) is 0. The van der Waals surface area contributed by atoms with Gasteiger partial charge in [-0.25, -0.2) is 0 Å². The molecule has 0 saturated heterocycles. The molecule has 7 rings (SSSR count). The van der Waals surface area contributed by atoms with Crippen molar-refractivity contribution in [2.45, 2.75) is 50.5 Å². The van der Waals surface area contributed by atoms with E-state index >= 15 is 0 Å². The molecule has 1 amide bonds. The minimum atomic E-state index is -0.0172. The lowest BCUT2D eigenvalue weighted by Gasteiger charge is -2.57. The Morgan fingerprint density at radius 2 is 1.52 bits per heavy atom. The highest BCUT2D eigenvalue weighted by molar-refractivity contribution is 5.95. The van der Waals surface area contributed by atoms with E-state index in [0.29, 0.717) is 19.6 Å². The summed E-state index contributed by atoms with van der Waals surface area (Å²) in [5.41, 5.74) is 3.07. The van der Waals surface area contributed by atoms with Crippen LogP contribution in [-0.2, 0) is 11.2 Å². The topological polar surface area (TPSA) is 59.6 Å². The maximum absolute atomic E-state index is 12.9. The van der Waals surface area contributed by atoms with Crippen molar-refractivity contribution < 1.29 is 14.3 Å². The maximum Gasteiger partial charge on any atom is 0.228 e. The Hall–Kier alpha value is -2.69. The Morgan fingerprint density at radius 3 is 2.23 bits per heavy atom. The average Bonchev–Trinajstić information content (AvgIpc) is 2.74. The molecule has 0 aromatic heterocycles. The van der Waals surface area contributed by atoms with E-state index in [4.69, 9.17) is 9.47 Å². The summed E-state index contributed by atoms with van der Waals surface area (Å²) in [6, 6.07) is 13.9. The van der Waals surface area contributed by atoms with Crippen molar-refractivity contribution in [3.05, 3.63) is 48.0 Å². The lowest BCUT2D eigenvalue weighted by atomic mass is 9.53. The minimum absolute atomic E-state index is 0.0172. The minimum Gasteiger partial charge on any atom is -0.486 e. The first kappa shape index (κ1) is 19.0. The number of benzene rings is 2. The van der Waals surface area contributed by atoms with Gasteiger partial charge in [0.1, 0.15) is 13.2 Å². The number of carbonyl (C=O) groups excluding carboxylic acids is 1. The van der Waals surface area contributed by atoms with Gasteiger partial charge in [-0.15, -0.1) is 0 Å². The Morgan fingerprint density at radius 1 is 0.871 bits per heavy atom. The second-order valence-corrected chi connectivity index (χ2v) is 10.1. The molecule has 4 fully saturated rings. The number of hydrogen-bond acceptors (Lipinski definition) is 4. The van der Waals surface area contributed by atoms with Gasteiger partial charge in [0.05, 0.1) is 17.8 Å². The Labute approximate surface area is 183 Å². The Bertz CT molecular complexity index is 967. The van der Waals surface area contributed by atoms with E-state index in [-0.39, 0.29) is 11.4 Å². The number of rotatable bonds is 5. The molecule has 5 aliphatic rings. The molecule has 2 N–H and O–H groups in total. The second kappa shape index (κ2) is 7.47. The van der Waals surface area contributed by atoms with Gasteiger partial charge in [-0.3, -0.25) is 4.79 Å². The molecule has 5 heteroatoms. The molecule has 2 aromatic rings. The van der Waals surface area contributed by atoms with E-state index in [1.165, 1.54) is 38.5 Å². The van der Waals surface area contributed by atoms with Gasteiger partial charge in [-0.05, 0) is 86.1 Å². The van der Waals surface area contributed by atoms with E-state index in [9.17, 15) is 4.79 Å². The van der Waals surface area contributed by atoms with Gasteiger partial charge in [-0.1, -0.05) is 18.2 Å². The highest BCUT2D eigenvalue weighted by Gasteiger charge is 2.51. The third kappa shape index (κ3) is 3.75. The third-order valence-electron chi connectivity index (χ3n) is 7.61. The fourth-order valence-electron chi connectivity index (χ4n) is 6.83. The van der Waals surface area contributed by atoms with Crippen LogP contribution in [0.2, 0.25) is 0 Å². The van der Waals surface area contributed by atoms with Gasteiger partial charge in [0.2, 0.25) is 5.91 Å². The van der Waals surface area contributed by atoms with Gasteiger partial charge in [0, 0.05) is 5.54 Å². The molecule has 4 aliphatic carbocycles. The number of ether oxygens (including phenoxy) is 2. The van der Waals surface area contributed by atoms with Crippen LogP contribution >= 0.6 is 0 Å². The van der Waals surface area contributed by atoms with Crippen molar-refractivity contribution in [2.24, 2.45) is 17.8 Å². The van der Waals surface area contributed by atoms with Gasteiger partial charge < -0.3 is 20.1 Å². The Balaban J connectivity index is 1.16. The molecule has 1 aliphatic heterocycles.